The van der Waals surface area contributed by atoms with E-state index in [1.165, 1.54) is 6.20 Å². The van der Waals surface area contributed by atoms with Crippen molar-refractivity contribution in [3.63, 3.8) is 0 Å². The molecule has 0 aromatic carbocycles. The number of hydrogen-bond donors (Lipinski definition) is 3. The number of rotatable bonds is 1. The third kappa shape index (κ3) is 2.26. The molecule has 0 unspecified atom stereocenters. The van der Waals surface area contributed by atoms with E-state index in [1.807, 2.05) is 6.08 Å². The smallest absolute Gasteiger partial charge is 0.0802 e. The number of nitrogens with one attached hydrogen (secondary N) is 1. The molecule has 0 atom stereocenters. The molecule has 12 heavy (non-hydrogen) atoms. The van der Waals surface area contributed by atoms with E-state index in [0.29, 0.717) is 5.70 Å². The molecule has 0 spiro atoms. The molecule has 0 bridgehead atoms. The van der Waals surface area contributed by atoms with E-state index >= 15 is 0 Å². The van der Waals surface area contributed by atoms with Crippen molar-refractivity contribution in [2.75, 3.05) is 0 Å². The molecule has 5 heteroatoms. The summed E-state index contributed by atoms with van der Waals surface area (Å²) in [6.07, 6.45) is 6.65. The lowest BCUT2D eigenvalue weighted by Crippen LogP contribution is -2.17. The van der Waals surface area contributed by atoms with Crippen LogP contribution in [0.15, 0.2) is 38.4 Å². The minimum atomic E-state index is 0.654. The molecule has 1 aliphatic heterocycles. The van der Waals surface area contributed by atoms with E-state index in [1.54, 1.807) is 12.3 Å². The highest BCUT2D eigenvalue weighted by Gasteiger charge is 2.02. The van der Waals surface area contributed by atoms with Crippen LogP contribution in [0.4, 0.5) is 0 Å². The quantitative estimate of drug-likeness (QED) is 0.612. The Hall–Kier alpha value is -0.980. The fourth-order valence-electron chi connectivity index (χ4n) is 0.680. The zero-order valence-corrected chi connectivity index (χ0v) is 8.45. The van der Waals surface area contributed by atoms with Crippen LogP contribution < -0.4 is 16.9 Å². The maximum atomic E-state index is 5.65. The summed E-state index contributed by atoms with van der Waals surface area (Å²) in [6.45, 7) is 0. The summed E-state index contributed by atoms with van der Waals surface area (Å²) in [7, 11) is 0. The van der Waals surface area contributed by atoms with E-state index in [4.69, 9.17) is 11.5 Å². The van der Waals surface area contributed by atoms with Crippen LogP contribution in [0.5, 0.6) is 0 Å². The van der Waals surface area contributed by atoms with Gasteiger partial charge in [-0.2, -0.15) is 5.10 Å². The predicted octanol–water partition coefficient (Wildman–Crippen LogP) is 0.537. The van der Waals surface area contributed by atoms with Gasteiger partial charge in [0, 0.05) is 16.0 Å². The molecule has 0 saturated carbocycles. The third-order valence-corrected chi connectivity index (χ3v) is 1.94. The van der Waals surface area contributed by atoms with Crippen LogP contribution in [0.25, 0.3) is 0 Å². The minimum absolute atomic E-state index is 0.654. The highest BCUT2D eigenvalue weighted by Crippen LogP contribution is 2.11. The Morgan fingerprint density at radius 3 is 3.00 bits per heavy atom. The van der Waals surface area contributed by atoms with Gasteiger partial charge in [0.15, 0.2) is 0 Å². The topological polar surface area (TPSA) is 76.4 Å². The lowest BCUT2D eigenvalue weighted by Gasteiger charge is -2.09. The summed E-state index contributed by atoms with van der Waals surface area (Å²) in [5.74, 6) is 0. The Morgan fingerprint density at radius 1 is 1.67 bits per heavy atom. The molecular weight excluding hydrogens is 267 g/mol. The van der Waals surface area contributed by atoms with E-state index in [0.717, 1.165) is 9.28 Å². The van der Waals surface area contributed by atoms with Crippen molar-refractivity contribution in [3.05, 3.63) is 33.3 Å². The molecule has 64 valence electrons. The molecule has 0 aromatic heterocycles. The molecule has 1 aliphatic rings. The van der Waals surface area contributed by atoms with Gasteiger partial charge in [-0.15, -0.1) is 0 Å². The van der Waals surface area contributed by atoms with Crippen LogP contribution in [-0.4, -0.2) is 6.21 Å². The first-order chi connectivity index (χ1) is 5.74. The van der Waals surface area contributed by atoms with E-state index in [2.05, 4.69) is 33.1 Å². The number of nitrogens with zero attached hydrogens (tertiary/aromatic N) is 1. The number of halogens is 1. The molecule has 0 fully saturated rings. The summed E-state index contributed by atoms with van der Waals surface area (Å²) < 4.78 is 0.906. The normalized spacial score (nSPS) is 20.6. The summed E-state index contributed by atoms with van der Waals surface area (Å²) in [5, 5.41) is 3.83. The van der Waals surface area contributed by atoms with Gasteiger partial charge in [-0.1, -0.05) is 0 Å². The van der Waals surface area contributed by atoms with Crippen LogP contribution >= 0.6 is 22.6 Å². The van der Waals surface area contributed by atoms with Gasteiger partial charge < -0.3 is 11.5 Å². The van der Waals surface area contributed by atoms with Crippen LogP contribution in [0.3, 0.4) is 0 Å². The van der Waals surface area contributed by atoms with Gasteiger partial charge in [0.1, 0.15) is 0 Å². The molecule has 0 aliphatic carbocycles. The lowest BCUT2D eigenvalue weighted by molar-refractivity contribution is 0.886. The number of hydrogen-bond acceptors (Lipinski definition) is 4. The summed E-state index contributed by atoms with van der Waals surface area (Å²) >= 11 is 2.10. The van der Waals surface area contributed by atoms with Crippen LogP contribution in [-0.2, 0) is 0 Å². The zero-order chi connectivity index (χ0) is 8.97. The fraction of sp³-hybridized carbons (Fsp3) is 0. The molecule has 5 N–H and O–H groups in total. The number of hydrazone groups is 1. The first kappa shape index (κ1) is 9.11. The zero-order valence-electron chi connectivity index (χ0n) is 6.29. The molecular formula is C7H9IN4. The van der Waals surface area contributed by atoms with E-state index < -0.39 is 0 Å². The molecule has 1 rings (SSSR count). The van der Waals surface area contributed by atoms with Crippen molar-refractivity contribution in [1.82, 2.24) is 5.43 Å². The van der Waals surface area contributed by atoms with Gasteiger partial charge in [-0.25, -0.2) is 0 Å². The average molecular weight is 276 g/mol. The maximum absolute atomic E-state index is 5.65. The van der Waals surface area contributed by atoms with Crippen LogP contribution in [0.1, 0.15) is 0 Å². The third-order valence-electron chi connectivity index (χ3n) is 1.27. The maximum Gasteiger partial charge on any atom is 0.0802 e. The van der Waals surface area contributed by atoms with Crippen molar-refractivity contribution in [1.29, 1.82) is 0 Å². The number of allylic oxidation sites excluding steroid dienone is 3. The van der Waals surface area contributed by atoms with Crippen molar-refractivity contribution in [2.24, 2.45) is 16.6 Å². The summed E-state index contributed by atoms with van der Waals surface area (Å²) in [4.78, 5) is 0. The summed E-state index contributed by atoms with van der Waals surface area (Å²) in [6, 6.07) is 0. The Labute approximate surface area is 84.2 Å². The van der Waals surface area contributed by atoms with Gasteiger partial charge >= 0.3 is 0 Å². The van der Waals surface area contributed by atoms with Gasteiger partial charge in [0.2, 0.25) is 0 Å². The first-order valence-corrected chi connectivity index (χ1v) is 4.36. The molecule has 0 amide bonds. The Bertz CT molecular complexity index is 288. The summed E-state index contributed by atoms with van der Waals surface area (Å²) in [5.41, 5.74) is 15.1. The second-order valence-corrected chi connectivity index (χ2v) is 3.37. The second-order valence-electron chi connectivity index (χ2n) is 2.12. The van der Waals surface area contributed by atoms with Crippen molar-refractivity contribution < 1.29 is 0 Å². The van der Waals surface area contributed by atoms with Crippen molar-refractivity contribution in [2.45, 2.75) is 0 Å². The number of nitrogens with two attached hydrogens (primary N) is 2. The standard InChI is InChI=1S/C7H9IN4/c8-5(4-9)3-7-6(10)1-2-11-12-7/h1-4,12H,9-10H2. The molecule has 0 saturated heterocycles. The monoisotopic (exact) mass is 276 g/mol. The highest BCUT2D eigenvalue weighted by molar-refractivity contribution is 14.1. The molecule has 4 nitrogen and oxygen atoms in total. The second kappa shape index (κ2) is 4.15. The first-order valence-electron chi connectivity index (χ1n) is 3.28. The van der Waals surface area contributed by atoms with Crippen LogP contribution in [0.2, 0.25) is 0 Å². The van der Waals surface area contributed by atoms with Crippen LogP contribution in [0, 0.1) is 0 Å². The van der Waals surface area contributed by atoms with Crippen molar-refractivity contribution in [3.8, 4) is 0 Å². The average Bonchev–Trinajstić information content (AvgIpc) is 2.09. The Balaban J connectivity index is 2.84. The van der Waals surface area contributed by atoms with Gasteiger partial charge in [-0.05, 0) is 34.7 Å². The Kier molecular flexibility index (Phi) is 3.15. The Morgan fingerprint density at radius 2 is 2.42 bits per heavy atom. The van der Waals surface area contributed by atoms with Gasteiger partial charge in [0.05, 0.1) is 11.4 Å². The molecule has 0 aromatic rings. The lowest BCUT2D eigenvalue weighted by atomic mass is 10.3. The van der Waals surface area contributed by atoms with Crippen molar-refractivity contribution >= 4 is 28.8 Å². The van der Waals surface area contributed by atoms with Gasteiger partial charge in [0.25, 0.3) is 0 Å². The largest absolute Gasteiger partial charge is 0.404 e. The molecule has 1 heterocycles. The highest BCUT2D eigenvalue weighted by atomic mass is 127. The SMILES string of the molecule is NC=C(I)C=C1NN=CC=C1N. The van der Waals surface area contributed by atoms with Gasteiger partial charge in [-0.3, -0.25) is 5.43 Å². The fourth-order valence-corrected chi connectivity index (χ4v) is 0.992. The van der Waals surface area contributed by atoms with E-state index in [-0.39, 0.29) is 0 Å². The predicted molar refractivity (Wildman–Crippen MR) is 58.3 cm³/mol. The molecule has 0 radical (unpaired) electrons. The minimum Gasteiger partial charge on any atom is -0.404 e. The van der Waals surface area contributed by atoms with E-state index in [9.17, 15) is 0 Å².